The predicted octanol–water partition coefficient (Wildman–Crippen LogP) is 2.40. The molecule has 1 aliphatic rings. The zero-order chi connectivity index (χ0) is 13.0. The first-order chi connectivity index (χ1) is 8.63. The van der Waals surface area contributed by atoms with Crippen molar-refractivity contribution < 1.29 is 9.84 Å². The van der Waals surface area contributed by atoms with Crippen LogP contribution in [0.2, 0.25) is 5.02 Å². The van der Waals surface area contributed by atoms with E-state index in [1.807, 2.05) is 18.2 Å². The zero-order valence-electron chi connectivity index (χ0n) is 10.7. The van der Waals surface area contributed by atoms with Crippen LogP contribution in [-0.4, -0.2) is 30.9 Å². The van der Waals surface area contributed by atoms with Gasteiger partial charge in [-0.3, -0.25) is 0 Å². The summed E-state index contributed by atoms with van der Waals surface area (Å²) in [7, 11) is 1.61. The Morgan fingerprint density at radius 1 is 1.39 bits per heavy atom. The predicted molar refractivity (Wildman–Crippen MR) is 73.4 cm³/mol. The maximum absolute atomic E-state index is 10.4. The van der Waals surface area contributed by atoms with Crippen molar-refractivity contribution in [2.45, 2.75) is 31.3 Å². The van der Waals surface area contributed by atoms with Gasteiger partial charge in [-0.15, -0.1) is 0 Å². The standard InChI is InChI=1S/C14H20ClNO2/c1-18-13-3-2-11(10-12(13)15)4-5-14(17)6-8-16-9-7-14/h2-3,10,16-17H,4-9H2,1H3. The Kier molecular flexibility index (Phi) is 4.49. The van der Waals surface area contributed by atoms with Gasteiger partial charge in [-0.05, 0) is 56.5 Å². The van der Waals surface area contributed by atoms with E-state index in [0.717, 1.165) is 44.3 Å². The highest BCUT2D eigenvalue weighted by Gasteiger charge is 2.28. The summed E-state index contributed by atoms with van der Waals surface area (Å²) in [5.74, 6) is 0.695. The third-order valence-electron chi connectivity index (χ3n) is 3.63. The molecule has 0 atom stereocenters. The molecule has 0 bridgehead atoms. The maximum Gasteiger partial charge on any atom is 0.137 e. The summed E-state index contributed by atoms with van der Waals surface area (Å²) in [5.41, 5.74) is 0.630. The second-order valence-electron chi connectivity index (χ2n) is 4.94. The first-order valence-electron chi connectivity index (χ1n) is 6.38. The van der Waals surface area contributed by atoms with Crippen molar-refractivity contribution in [2.75, 3.05) is 20.2 Å². The summed E-state index contributed by atoms with van der Waals surface area (Å²) < 4.78 is 5.12. The molecule has 1 fully saturated rings. The summed E-state index contributed by atoms with van der Waals surface area (Å²) >= 11 is 6.09. The lowest BCUT2D eigenvalue weighted by Gasteiger charge is -2.32. The van der Waals surface area contributed by atoms with Crippen molar-refractivity contribution in [1.29, 1.82) is 0 Å². The minimum atomic E-state index is -0.516. The second-order valence-corrected chi connectivity index (χ2v) is 5.35. The first-order valence-corrected chi connectivity index (χ1v) is 6.76. The molecule has 0 saturated carbocycles. The first kappa shape index (κ1) is 13.7. The molecule has 2 N–H and O–H groups in total. The topological polar surface area (TPSA) is 41.5 Å². The molecule has 1 heterocycles. The third kappa shape index (κ3) is 3.37. The van der Waals surface area contributed by atoms with Gasteiger partial charge in [0.15, 0.2) is 0 Å². The van der Waals surface area contributed by atoms with E-state index in [2.05, 4.69) is 5.32 Å². The number of hydrogen-bond acceptors (Lipinski definition) is 3. The van der Waals surface area contributed by atoms with E-state index in [4.69, 9.17) is 16.3 Å². The highest BCUT2D eigenvalue weighted by Crippen LogP contribution is 2.28. The lowest BCUT2D eigenvalue weighted by Crippen LogP contribution is -2.42. The van der Waals surface area contributed by atoms with Crippen LogP contribution in [0.25, 0.3) is 0 Å². The van der Waals surface area contributed by atoms with Gasteiger partial charge in [-0.2, -0.15) is 0 Å². The Balaban J connectivity index is 1.95. The van der Waals surface area contributed by atoms with Crippen LogP contribution in [0.3, 0.4) is 0 Å². The normalized spacial score (nSPS) is 18.6. The van der Waals surface area contributed by atoms with Crippen molar-refractivity contribution in [2.24, 2.45) is 0 Å². The van der Waals surface area contributed by atoms with Gasteiger partial charge in [0.25, 0.3) is 0 Å². The third-order valence-corrected chi connectivity index (χ3v) is 3.92. The quantitative estimate of drug-likeness (QED) is 0.882. The van der Waals surface area contributed by atoms with E-state index in [1.165, 1.54) is 0 Å². The molecule has 0 unspecified atom stereocenters. The molecule has 1 aromatic carbocycles. The number of hydrogen-bond donors (Lipinski definition) is 2. The maximum atomic E-state index is 10.4. The Morgan fingerprint density at radius 3 is 2.72 bits per heavy atom. The second kappa shape index (κ2) is 5.91. The number of aliphatic hydroxyl groups is 1. The SMILES string of the molecule is COc1ccc(CCC2(O)CCNCC2)cc1Cl. The van der Waals surface area contributed by atoms with Crippen LogP contribution in [0, 0.1) is 0 Å². The van der Waals surface area contributed by atoms with Gasteiger partial charge in [0.2, 0.25) is 0 Å². The minimum Gasteiger partial charge on any atom is -0.495 e. The summed E-state index contributed by atoms with van der Waals surface area (Å²) in [6.07, 6.45) is 3.30. The van der Waals surface area contributed by atoms with E-state index >= 15 is 0 Å². The lowest BCUT2D eigenvalue weighted by atomic mass is 9.86. The molecule has 100 valence electrons. The van der Waals surface area contributed by atoms with Crippen LogP contribution in [0.15, 0.2) is 18.2 Å². The van der Waals surface area contributed by atoms with Crippen molar-refractivity contribution in [3.63, 3.8) is 0 Å². The van der Waals surface area contributed by atoms with Gasteiger partial charge >= 0.3 is 0 Å². The molecule has 1 aliphatic heterocycles. The molecule has 0 radical (unpaired) electrons. The zero-order valence-corrected chi connectivity index (χ0v) is 11.5. The summed E-state index contributed by atoms with van der Waals surface area (Å²) in [6.45, 7) is 1.81. The number of piperidine rings is 1. The van der Waals surface area contributed by atoms with Gasteiger partial charge in [-0.1, -0.05) is 17.7 Å². The van der Waals surface area contributed by atoms with Gasteiger partial charge in [-0.25, -0.2) is 0 Å². The summed E-state index contributed by atoms with van der Waals surface area (Å²) in [5, 5.41) is 14.3. The molecule has 0 spiro atoms. The monoisotopic (exact) mass is 269 g/mol. The number of ether oxygens (including phenoxy) is 1. The molecular formula is C14H20ClNO2. The van der Waals surface area contributed by atoms with Crippen molar-refractivity contribution in [3.8, 4) is 5.75 Å². The molecule has 3 nitrogen and oxygen atoms in total. The van der Waals surface area contributed by atoms with E-state index in [0.29, 0.717) is 10.8 Å². The van der Waals surface area contributed by atoms with Crippen LogP contribution in [0.1, 0.15) is 24.8 Å². The van der Waals surface area contributed by atoms with E-state index in [-0.39, 0.29) is 0 Å². The van der Waals surface area contributed by atoms with Gasteiger partial charge in [0.1, 0.15) is 5.75 Å². The molecule has 2 rings (SSSR count). The highest BCUT2D eigenvalue weighted by molar-refractivity contribution is 6.32. The highest BCUT2D eigenvalue weighted by atomic mass is 35.5. The van der Waals surface area contributed by atoms with Crippen LogP contribution in [0.4, 0.5) is 0 Å². The fourth-order valence-electron chi connectivity index (χ4n) is 2.38. The Labute approximate surface area is 113 Å². The number of nitrogens with one attached hydrogen (secondary N) is 1. The fourth-order valence-corrected chi connectivity index (χ4v) is 2.66. The average Bonchev–Trinajstić information content (AvgIpc) is 2.38. The van der Waals surface area contributed by atoms with Crippen molar-refractivity contribution in [1.82, 2.24) is 5.32 Å². The lowest BCUT2D eigenvalue weighted by molar-refractivity contribution is 0.00281. The molecule has 1 saturated heterocycles. The Hall–Kier alpha value is -0.770. The van der Waals surface area contributed by atoms with Gasteiger partial charge in [0, 0.05) is 0 Å². The number of benzene rings is 1. The van der Waals surface area contributed by atoms with Crippen LogP contribution < -0.4 is 10.1 Å². The van der Waals surface area contributed by atoms with Crippen LogP contribution in [-0.2, 0) is 6.42 Å². The Morgan fingerprint density at radius 2 is 2.11 bits per heavy atom. The number of halogens is 1. The molecule has 18 heavy (non-hydrogen) atoms. The largest absolute Gasteiger partial charge is 0.495 e. The van der Waals surface area contributed by atoms with Crippen molar-refractivity contribution in [3.05, 3.63) is 28.8 Å². The minimum absolute atomic E-state index is 0.516. The molecule has 1 aromatic rings. The fraction of sp³-hybridized carbons (Fsp3) is 0.571. The van der Waals surface area contributed by atoms with Crippen LogP contribution in [0.5, 0.6) is 5.75 Å². The molecular weight excluding hydrogens is 250 g/mol. The Bertz CT molecular complexity index is 403. The molecule has 4 heteroatoms. The van der Waals surface area contributed by atoms with E-state index in [9.17, 15) is 5.11 Å². The summed E-state index contributed by atoms with van der Waals surface area (Å²) in [4.78, 5) is 0. The molecule has 0 aromatic heterocycles. The molecule has 0 amide bonds. The molecule has 0 aliphatic carbocycles. The van der Waals surface area contributed by atoms with E-state index < -0.39 is 5.60 Å². The van der Waals surface area contributed by atoms with Crippen molar-refractivity contribution >= 4 is 11.6 Å². The number of aryl methyl sites for hydroxylation is 1. The number of methoxy groups -OCH3 is 1. The summed E-state index contributed by atoms with van der Waals surface area (Å²) in [6, 6.07) is 5.81. The van der Waals surface area contributed by atoms with E-state index in [1.54, 1.807) is 7.11 Å². The number of rotatable bonds is 4. The van der Waals surface area contributed by atoms with Crippen LogP contribution >= 0.6 is 11.6 Å². The van der Waals surface area contributed by atoms with Gasteiger partial charge < -0.3 is 15.2 Å². The smallest absolute Gasteiger partial charge is 0.137 e. The average molecular weight is 270 g/mol. The van der Waals surface area contributed by atoms with Gasteiger partial charge in [0.05, 0.1) is 17.7 Å².